The van der Waals surface area contributed by atoms with Crippen LogP contribution in [0.1, 0.15) is 84.0 Å². The van der Waals surface area contributed by atoms with Gasteiger partial charge in [0.15, 0.2) is 0 Å². The fraction of sp³-hybridized carbons (Fsp3) is 0.875. The van der Waals surface area contributed by atoms with Gasteiger partial charge in [-0.25, -0.2) is 0 Å². The van der Waals surface area contributed by atoms with Gasteiger partial charge in [0.2, 0.25) is 0 Å². The zero-order valence-electron chi connectivity index (χ0n) is 11.6. The topological polar surface area (TPSA) is 20.2 Å². The Morgan fingerprint density at radius 3 is 2.24 bits per heavy atom. The minimum atomic E-state index is -0.458. The molecule has 0 heterocycles. The molecule has 1 nitrogen and oxygen atoms in total. The highest BCUT2D eigenvalue weighted by Gasteiger charge is 2.23. The summed E-state index contributed by atoms with van der Waals surface area (Å²) in [5, 5.41) is 10.3. The molecule has 0 saturated carbocycles. The molecule has 0 saturated heterocycles. The first-order chi connectivity index (χ1) is 8.27. The molecule has 1 aliphatic carbocycles. The van der Waals surface area contributed by atoms with Crippen molar-refractivity contribution in [3.8, 4) is 0 Å². The van der Waals surface area contributed by atoms with Crippen LogP contribution in [-0.2, 0) is 0 Å². The number of rotatable bonds is 9. The van der Waals surface area contributed by atoms with E-state index in [1.165, 1.54) is 51.4 Å². The van der Waals surface area contributed by atoms with Crippen molar-refractivity contribution < 1.29 is 5.11 Å². The molecule has 0 aromatic rings. The minimum Gasteiger partial charge on any atom is -0.386 e. The van der Waals surface area contributed by atoms with Gasteiger partial charge >= 0.3 is 0 Å². The normalized spacial score (nSPS) is 24.1. The van der Waals surface area contributed by atoms with Crippen molar-refractivity contribution >= 4 is 0 Å². The van der Waals surface area contributed by atoms with Crippen molar-refractivity contribution in [2.45, 2.75) is 89.6 Å². The average Bonchev–Trinajstić information content (AvgIpc) is 2.33. The summed E-state index contributed by atoms with van der Waals surface area (Å²) in [5.41, 5.74) is -0.458. The van der Waals surface area contributed by atoms with E-state index >= 15 is 0 Å². The number of allylic oxidation sites excluding steroid dienone is 1. The Morgan fingerprint density at radius 2 is 1.65 bits per heavy atom. The predicted octanol–water partition coefficient (Wildman–Crippen LogP) is 4.99. The van der Waals surface area contributed by atoms with Crippen molar-refractivity contribution in [1.82, 2.24) is 0 Å². The fourth-order valence-electron chi connectivity index (χ4n) is 2.69. The van der Waals surface area contributed by atoms with E-state index in [0.717, 1.165) is 25.7 Å². The maximum absolute atomic E-state index is 10.3. The molecule has 0 aliphatic heterocycles. The SMILES string of the molecule is CCCCCCCCCCC1(O)C=CCCC1. The maximum Gasteiger partial charge on any atom is 0.0827 e. The second-order valence-corrected chi connectivity index (χ2v) is 5.62. The van der Waals surface area contributed by atoms with Gasteiger partial charge in [-0.1, -0.05) is 70.4 Å². The molecule has 1 rings (SSSR count). The molecular formula is C16H30O. The first-order valence-electron chi connectivity index (χ1n) is 7.67. The summed E-state index contributed by atoms with van der Waals surface area (Å²) in [6.07, 6.45) is 19.2. The predicted molar refractivity (Wildman–Crippen MR) is 75.2 cm³/mol. The highest BCUT2D eigenvalue weighted by Crippen LogP contribution is 2.27. The van der Waals surface area contributed by atoms with Gasteiger partial charge in [0.1, 0.15) is 0 Å². The molecule has 0 aromatic heterocycles. The molecular weight excluding hydrogens is 208 g/mol. The minimum absolute atomic E-state index is 0.458. The van der Waals surface area contributed by atoms with Crippen LogP contribution in [0.4, 0.5) is 0 Å². The third kappa shape index (κ3) is 6.88. The van der Waals surface area contributed by atoms with Crippen molar-refractivity contribution in [2.24, 2.45) is 0 Å². The molecule has 0 spiro atoms. The van der Waals surface area contributed by atoms with Crippen LogP contribution in [0, 0.1) is 0 Å². The van der Waals surface area contributed by atoms with Crippen LogP contribution in [0.15, 0.2) is 12.2 Å². The van der Waals surface area contributed by atoms with Crippen LogP contribution in [0.3, 0.4) is 0 Å². The summed E-state index contributed by atoms with van der Waals surface area (Å²) in [7, 11) is 0. The van der Waals surface area contributed by atoms with E-state index < -0.39 is 5.60 Å². The van der Waals surface area contributed by atoms with Gasteiger partial charge in [-0.05, 0) is 25.7 Å². The lowest BCUT2D eigenvalue weighted by Gasteiger charge is -2.27. The summed E-state index contributed by atoms with van der Waals surface area (Å²) in [6, 6.07) is 0. The van der Waals surface area contributed by atoms with Crippen LogP contribution in [0.25, 0.3) is 0 Å². The van der Waals surface area contributed by atoms with Crippen LogP contribution < -0.4 is 0 Å². The Balaban J connectivity index is 1.93. The molecule has 1 atom stereocenters. The van der Waals surface area contributed by atoms with E-state index in [9.17, 15) is 5.11 Å². The molecule has 0 amide bonds. The molecule has 1 aliphatic rings. The molecule has 1 N–H and O–H groups in total. The fourth-order valence-corrected chi connectivity index (χ4v) is 2.69. The first kappa shape index (κ1) is 14.8. The van der Waals surface area contributed by atoms with Crippen molar-refractivity contribution in [3.63, 3.8) is 0 Å². The largest absolute Gasteiger partial charge is 0.386 e. The highest BCUT2D eigenvalue weighted by molar-refractivity contribution is 5.04. The molecule has 1 heteroatoms. The van der Waals surface area contributed by atoms with Gasteiger partial charge in [0.05, 0.1) is 5.60 Å². The Labute approximate surface area is 107 Å². The van der Waals surface area contributed by atoms with Crippen LogP contribution in [-0.4, -0.2) is 10.7 Å². The number of hydrogen-bond donors (Lipinski definition) is 1. The van der Waals surface area contributed by atoms with Gasteiger partial charge in [0.25, 0.3) is 0 Å². The van der Waals surface area contributed by atoms with E-state index in [1.807, 2.05) is 6.08 Å². The quantitative estimate of drug-likeness (QED) is 0.443. The summed E-state index contributed by atoms with van der Waals surface area (Å²) in [4.78, 5) is 0. The summed E-state index contributed by atoms with van der Waals surface area (Å²) >= 11 is 0. The van der Waals surface area contributed by atoms with Crippen LogP contribution in [0.2, 0.25) is 0 Å². The van der Waals surface area contributed by atoms with Crippen molar-refractivity contribution in [2.75, 3.05) is 0 Å². The number of hydrogen-bond acceptors (Lipinski definition) is 1. The van der Waals surface area contributed by atoms with Crippen molar-refractivity contribution in [1.29, 1.82) is 0 Å². The van der Waals surface area contributed by atoms with Gasteiger partial charge in [-0.3, -0.25) is 0 Å². The standard InChI is InChI=1S/C16H30O/c1-2-3-4-5-6-7-8-10-13-16(17)14-11-9-12-15-16/h11,14,17H,2-10,12-13,15H2,1H3. The molecule has 17 heavy (non-hydrogen) atoms. The van der Waals surface area contributed by atoms with Gasteiger partial charge in [-0.15, -0.1) is 0 Å². The zero-order chi connectivity index (χ0) is 12.4. The molecule has 0 radical (unpaired) electrons. The average molecular weight is 238 g/mol. The summed E-state index contributed by atoms with van der Waals surface area (Å²) in [5.74, 6) is 0. The van der Waals surface area contributed by atoms with E-state index in [4.69, 9.17) is 0 Å². The smallest absolute Gasteiger partial charge is 0.0827 e. The van der Waals surface area contributed by atoms with Gasteiger partial charge < -0.3 is 5.11 Å². The number of aliphatic hydroxyl groups is 1. The zero-order valence-corrected chi connectivity index (χ0v) is 11.6. The third-order valence-corrected chi connectivity index (χ3v) is 3.87. The second-order valence-electron chi connectivity index (χ2n) is 5.62. The Hall–Kier alpha value is -0.300. The second kappa shape index (κ2) is 8.74. The third-order valence-electron chi connectivity index (χ3n) is 3.87. The molecule has 0 bridgehead atoms. The Bertz CT molecular complexity index is 210. The van der Waals surface area contributed by atoms with Crippen LogP contribution in [0.5, 0.6) is 0 Å². The van der Waals surface area contributed by atoms with E-state index in [1.54, 1.807) is 0 Å². The molecule has 1 unspecified atom stereocenters. The lowest BCUT2D eigenvalue weighted by molar-refractivity contribution is 0.0628. The highest BCUT2D eigenvalue weighted by atomic mass is 16.3. The molecule has 0 aromatic carbocycles. The van der Waals surface area contributed by atoms with E-state index in [-0.39, 0.29) is 0 Å². The van der Waals surface area contributed by atoms with Gasteiger partial charge in [-0.2, -0.15) is 0 Å². The summed E-state index contributed by atoms with van der Waals surface area (Å²) < 4.78 is 0. The van der Waals surface area contributed by atoms with E-state index in [2.05, 4.69) is 13.0 Å². The first-order valence-corrected chi connectivity index (χ1v) is 7.67. The van der Waals surface area contributed by atoms with E-state index in [0.29, 0.717) is 0 Å². The Morgan fingerprint density at radius 1 is 1.00 bits per heavy atom. The van der Waals surface area contributed by atoms with Crippen LogP contribution >= 0.6 is 0 Å². The lowest BCUT2D eigenvalue weighted by atomic mass is 9.86. The number of unbranched alkanes of at least 4 members (excludes halogenated alkanes) is 7. The van der Waals surface area contributed by atoms with Gasteiger partial charge in [0, 0.05) is 0 Å². The lowest BCUT2D eigenvalue weighted by Crippen LogP contribution is -2.27. The molecule has 100 valence electrons. The molecule has 0 fully saturated rings. The van der Waals surface area contributed by atoms with Crippen molar-refractivity contribution in [3.05, 3.63) is 12.2 Å². The summed E-state index contributed by atoms with van der Waals surface area (Å²) in [6.45, 7) is 2.26. The maximum atomic E-state index is 10.3. The Kier molecular flexibility index (Phi) is 7.59. The monoisotopic (exact) mass is 238 g/mol.